The number of nitrogens with zero attached hydrogens (tertiary/aromatic N) is 2. The zero-order chi connectivity index (χ0) is 25.1. The predicted octanol–water partition coefficient (Wildman–Crippen LogP) is 8.32. The van der Waals surface area contributed by atoms with Crippen LogP contribution in [0.2, 0.25) is 19.6 Å². The summed E-state index contributed by atoms with van der Waals surface area (Å²) in [6.07, 6.45) is 3.68. The van der Waals surface area contributed by atoms with Gasteiger partial charge in [0.15, 0.2) is 0 Å². The van der Waals surface area contributed by atoms with Gasteiger partial charge in [-0.05, 0) is 46.6 Å². The van der Waals surface area contributed by atoms with Crippen molar-refractivity contribution in [1.82, 2.24) is 9.97 Å². The summed E-state index contributed by atoms with van der Waals surface area (Å²) in [6, 6.07) is 35.6. The molecule has 0 unspecified atom stereocenters. The molecule has 0 fully saturated rings. The number of aryl methyl sites for hydroxylation is 1. The monoisotopic (exact) mass is 693 g/mol. The van der Waals surface area contributed by atoms with Gasteiger partial charge in [0, 0.05) is 45.3 Å². The molecule has 0 atom stereocenters. The van der Waals surface area contributed by atoms with E-state index in [1.165, 1.54) is 30.9 Å². The van der Waals surface area contributed by atoms with E-state index in [1.54, 1.807) is 0 Å². The smallest absolute Gasteiger partial charge is 0.0300 e. The van der Waals surface area contributed by atoms with Crippen LogP contribution in [0.3, 0.4) is 0 Å². The van der Waals surface area contributed by atoms with Crippen molar-refractivity contribution in [3.05, 3.63) is 115 Å². The normalized spacial score (nSPS) is 11.0. The van der Waals surface area contributed by atoms with E-state index in [-0.39, 0.29) is 20.1 Å². The van der Waals surface area contributed by atoms with Crippen molar-refractivity contribution in [2.24, 2.45) is 0 Å². The minimum atomic E-state index is -1.45. The minimum Gasteiger partial charge on any atom is -0.305 e. The number of hydrogen-bond acceptors (Lipinski definition) is 3. The number of benzene rings is 3. The molecule has 6 rings (SSSR count). The summed E-state index contributed by atoms with van der Waals surface area (Å²) in [4.78, 5) is 8.83. The Balaban J connectivity index is 0.000000195. The maximum Gasteiger partial charge on any atom is 0.0300 e. The first-order valence-electron chi connectivity index (χ1n) is 12.1. The topological polar surface area (TPSA) is 25.8 Å². The number of thiophene rings is 1. The first-order valence-corrected chi connectivity index (χ1v) is 16.4. The molecule has 0 aliphatic carbocycles. The van der Waals surface area contributed by atoms with Crippen LogP contribution in [0.1, 0.15) is 5.56 Å². The van der Waals surface area contributed by atoms with Gasteiger partial charge in [0.2, 0.25) is 0 Å². The van der Waals surface area contributed by atoms with Crippen LogP contribution in [0.25, 0.3) is 42.7 Å². The fourth-order valence-corrected chi connectivity index (χ4v) is 7.14. The summed E-state index contributed by atoms with van der Waals surface area (Å²) in [6.45, 7) is 9.28. The maximum atomic E-state index is 4.55. The molecule has 6 aromatic rings. The van der Waals surface area contributed by atoms with Gasteiger partial charge in [-0.1, -0.05) is 67.0 Å². The van der Waals surface area contributed by atoms with Crippen LogP contribution in [-0.4, -0.2) is 18.0 Å². The zero-order valence-corrected chi connectivity index (χ0v) is 25.6. The van der Waals surface area contributed by atoms with Gasteiger partial charge in [0.25, 0.3) is 0 Å². The second-order valence-corrected chi connectivity index (χ2v) is 15.9. The average molecular weight is 693 g/mol. The van der Waals surface area contributed by atoms with Crippen molar-refractivity contribution in [2.45, 2.75) is 26.6 Å². The fraction of sp³-hybridized carbons (Fsp3) is 0.125. The quantitative estimate of drug-likeness (QED) is 0.138. The Morgan fingerprint density at radius 1 is 0.784 bits per heavy atom. The Labute approximate surface area is 237 Å². The van der Waals surface area contributed by atoms with Crippen molar-refractivity contribution in [2.75, 3.05) is 0 Å². The summed E-state index contributed by atoms with van der Waals surface area (Å²) >= 11 is 1.86. The Morgan fingerprint density at radius 2 is 1.54 bits per heavy atom. The molecule has 0 aliphatic heterocycles. The van der Waals surface area contributed by atoms with Gasteiger partial charge in [-0.3, -0.25) is 0 Å². The van der Waals surface area contributed by atoms with E-state index in [9.17, 15) is 0 Å². The first-order chi connectivity index (χ1) is 17.4. The molecule has 1 radical (unpaired) electrons. The molecule has 0 saturated heterocycles. The molecular formula is C32H28IrN2SSi-2. The second-order valence-electron chi connectivity index (χ2n) is 9.84. The van der Waals surface area contributed by atoms with Crippen molar-refractivity contribution >= 4 is 44.8 Å². The van der Waals surface area contributed by atoms with E-state index in [1.807, 2.05) is 66.2 Å². The summed E-state index contributed by atoms with van der Waals surface area (Å²) in [5.41, 5.74) is 5.39. The number of pyridine rings is 2. The van der Waals surface area contributed by atoms with Crippen molar-refractivity contribution in [3.8, 4) is 22.5 Å². The number of rotatable bonds is 3. The second kappa shape index (κ2) is 11.6. The Kier molecular flexibility index (Phi) is 8.51. The molecule has 0 bridgehead atoms. The molecule has 0 amide bonds. The molecule has 0 saturated carbocycles. The molecule has 3 aromatic heterocycles. The fourth-order valence-electron chi connectivity index (χ4n) is 4.30. The maximum absolute atomic E-state index is 4.55. The summed E-state index contributed by atoms with van der Waals surface area (Å²) in [5, 5.41) is 4.28. The van der Waals surface area contributed by atoms with Crippen LogP contribution in [0.15, 0.2) is 97.3 Å². The van der Waals surface area contributed by atoms with E-state index in [0.717, 1.165) is 22.5 Å². The third-order valence-corrected chi connectivity index (χ3v) is 9.28. The molecular weight excluding hydrogens is 665 g/mol. The van der Waals surface area contributed by atoms with Crippen LogP contribution in [0, 0.1) is 19.1 Å². The van der Waals surface area contributed by atoms with E-state index in [0.29, 0.717) is 0 Å². The largest absolute Gasteiger partial charge is 0.305 e. The standard InChI is InChI=1S/C20H18NSSi.C12H10N.Ir/c1-23(2,3)18-12-11-14(16-9-6-7-13-21-16)20-19(18)15-8-4-5-10-17(15)22-20;1-10-7-8-13-12(9-10)11-5-3-2-4-6-11;/h4-10,12-13H,1-3H3;2-5,7-9H,1H3;/q2*-1;. The van der Waals surface area contributed by atoms with Crippen LogP contribution < -0.4 is 5.19 Å². The molecule has 0 aliphatic rings. The van der Waals surface area contributed by atoms with E-state index in [2.05, 4.69) is 91.1 Å². The summed E-state index contributed by atoms with van der Waals surface area (Å²) < 4.78 is 2.67. The SMILES string of the molecule is C[Si](C)(C)c1c[c-]c(-c2ccccn2)c2sc3ccccc3c12.Cc1ccnc(-c2[c-]cccc2)c1.[Ir]. The third-order valence-electron chi connectivity index (χ3n) is 6.08. The van der Waals surface area contributed by atoms with Gasteiger partial charge in [-0.2, -0.15) is 11.3 Å². The molecule has 0 N–H and O–H groups in total. The molecule has 3 heterocycles. The van der Waals surface area contributed by atoms with Crippen LogP contribution in [-0.2, 0) is 20.1 Å². The van der Waals surface area contributed by atoms with Crippen LogP contribution in [0.5, 0.6) is 0 Å². The Morgan fingerprint density at radius 3 is 2.24 bits per heavy atom. The number of hydrogen-bond donors (Lipinski definition) is 0. The predicted molar refractivity (Wildman–Crippen MR) is 158 cm³/mol. The third kappa shape index (κ3) is 5.97. The van der Waals surface area contributed by atoms with Gasteiger partial charge in [0.05, 0.1) is 0 Å². The minimum absolute atomic E-state index is 0. The number of aromatic nitrogens is 2. The number of fused-ring (bicyclic) bond motifs is 3. The Hall–Kier alpha value is -2.95. The molecule has 0 spiro atoms. The van der Waals surface area contributed by atoms with Crippen molar-refractivity contribution in [3.63, 3.8) is 0 Å². The van der Waals surface area contributed by atoms with Crippen molar-refractivity contribution in [1.29, 1.82) is 0 Å². The van der Waals surface area contributed by atoms with Gasteiger partial charge in [-0.25, -0.2) is 0 Å². The van der Waals surface area contributed by atoms with E-state index < -0.39 is 8.07 Å². The molecule has 187 valence electrons. The van der Waals surface area contributed by atoms with Gasteiger partial charge < -0.3 is 9.97 Å². The summed E-state index contributed by atoms with van der Waals surface area (Å²) in [7, 11) is -1.45. The van der Waals surface area contributed by atoms with Gasteiger partial charge in [-0.15, -0.1) is 58.8 Å². The Bertz CT molecular complexity index is 1620. The van der Waals surface area contributed by atoms with Crippen molar-refractivity contribution < 1.29 is 20.1 Å². The summed E-state index contributed by atoms with van der Waals surface area (Å²) in [5.74, 6) is 0. The van der Waals surface area contributed by atoms with Gasteiger partial charge in [0.1, 0.15) is 0 Å². The van der Waals surface area contributed by atoms with Gasteiger partial charge >= 0.3 is 0 Å². The van der Waals surface area contributed by atoms with Crippen LogP contribution >= 0.6 is 11.3 Å². The zero-order valence-electron chi connectivity index (χ0n) is 21.4. The first kappa shape index (κ1) is 27.1. The van der Waals surface area contributed by atoms with E-state index in [4.69, 9.17) is 0 Å². The average Bonchev–Trinajstić information content (AvgIpc) is 3.29. The molecule has 5 heteroatoms. The molecule has 37 heavy (non-hydrogen) atoms. The molecule has 3 aromatic carbocycles. The molecule has 2 nitrogen and oxygen atoms in total. The van der Waals surface area contributed by atoms with E-state index >= 15 is 0 Å². The van der Waals surface area contributed by atoms with Crippen LogP contribution in [0.4, 0.5) is 0 Å².